The number of alkyl halides is 1. The van der Waals surface area contributed by atoms with Crippen LogP contribution in [-0.2, 0) is 17.6 Å². The van der Waals surface area contributed by atoms with E-state index in [0.717, 1.165) is 25.0 Å². The van der Waals surface area contributed by atoms with Crippen molar-refractivity contribution in [1.29, 1.82) is 0 Å². The van der Waals surface area contributed by atoms with Crippen LogP contribution in [0.1, 0.15) is 102 Å². The Hall–Kier alpha value is -2.48. The number of allylic oxidation sites excluding steroid dienone is 6. The second-order valence-corrected chi connectivity index (χ2v) is 9.81. The zero-order valence-corrected chi connectivity index (χ0v) is 24.5. The molecule has 0 heterocycles. The summed E-state index contributed by atoms with van der Waals surface area (Å²) in [5.41, 5.74) is 9.19. The summed E-state index contributed by atoms with van der Waals surface area (Å²) < 4.78 is 12.1. The summed E-state index contributed by atoms with van der Waals surface area (Å²) in [6, 6.07) is 2.38. The highest BCUT2D eigenvalue weighted by molar-refractivity contribution is 5.72. The molecule has 1 fully saturated rings. The minimum absolute atomic E-state index is 0.580. The highest BCUT2D eigenvalue weighted by Crippen LogP contribution is 2.40. The third-order valence-corrected chi connectivity index (χ3v) is 6.69. The van der Waals surface area contributed by atoms with E-state index < -0.39 is 5.67 Å². The summed E-state index contributed by atoms with van der Waals surface area (Å²) in [5.74, 6) is 1.40. The molecule has 0 bridgehead atoms. The largest absolute Gasteiger partial charge is 0.304 e. The average Bonchev–Trinajstić information content (AvgIpc) is 3.63. The first-order chi connectivity index (χ1) is 17.1. The predicted molar refractivity (Wildman–Crippen MR) is 160 cm³/mol. The molecule has 1 aromatic rings. The Kier molecular flexibility index (Phi) is 15.9. The lowest BCUT2D eigenvalue weighted by Gasteiger charge is -2.13. The number of halogens is 1. The molecule has 1 atom stereocenters. The van der Waals surface area contributed by atoms with Gasteiger partial charge in [0.15, 0.2) is 0 Å². The van der Waals surface area contributed by atoms with Gasteiger partial charge in [0.1, 0.15) is 12.0 Å². The first-order valence-electron chi connectivity index (χ1n) is 13.6. The topological polar surface area (TPSA) is 17.1 Å². The van der Waals surface area contributed by atoms with Crippen LogP contribution in [0, 0.1) is 18.8 Å². The molecule has 0 radical (unpaired) electrons. The van der Waals surface area contributed by atoms with Gasteiger partial charge in [0.2, 0.25) is 0 Å². The van der Waals surface area contributed by atoms with Crippen molar-refractivity contribution in [2.24, 2.45) is 11.8 Å². The van der Waals surface area contributed by atoms with Crippen molar-refractivity contribution < 1.29 is 9.18 Å². The Morgan fingerprint density at radius 3 is 2.11 bits per heavy atom. The number of hydrogen-bond donors (Lipinski definition) is 0. The number of rotatable bonds is 7. The summed E-state index contributed by atoms with van der Waals surface area (Å²) in [4.78, 5) is 8.81. The van der Waals surface area contributed by atoms with Gasteiger partial charge in [-0.05, 0) is 119 Å². The number of carbonyl (C=O) groups excluding carboxylic acids is 1. The van der Waals surface area contributed by atoms with Gasteiger partial charge in [-0.25, -0.2) is 4.39 Å². The van der Waals surface area contributed by atoms with Crippen molar-refractivity contribution in [2.75, 3.05) is 0 Å². The highest BCUT2D eigenvalue weighted by Gasteiger charge is 2.27. The molecule has 1 unspecified atom stereocenters. The number of benzene rings is 1. The van der Waals surface area contributed by atoms with Crippen molar-refractivity contribution in [3.05, 3.63) is 82.5 Å². The molecule has 2 heteroatoms. The molecule has 3 rings (SSSR count). The Balaban J connectivity index is 0.000000949. The van der Waals surface area contributed by atoms with Crippen LogP contribution >= 0.6 is 0 Å². The SMILES string of the molecule is C=C/C=C\C(=C/C)C1Cc2cc(C=C)c(/C=C(\C)C3CC3)c(C)c2C1.CC.CC=O.CCC(C)(C)F. The maximum Gasteiger partial charge on any atom is 0.116 e. The molecular formula is C34H51FO. The van der Waals surface area contributed by atoms with Gasteiger partial charge in [0.25, 0.3) is 0 Å². The van der Waals surface area contributed by atoms with Crippen LogP contribution in [0.4, 0.5) is 4.39 Å². The van der Waals surface area contributed by atoms with E-state index in [4.69, 9.17) is 4.79 Å². The van der Waals surface area contributed by atoms with Crippen molar-refractivity contribution >= 4 is 18.4 Å². The van der Waals surface area contributed by atoms with Gasteiger partial charge in [0.05, 0.1) is 0 Å². The van der Waals surface area contributed by atoms with Crippen LogP contribution in [0.25, 0.3) is 12.2 Å². The van der Waals surface area contributed by atoms with Crippen LogP contribution in [0.5, 0.6) is 0 Å². The van der Waals surface area contributed by atoms with Crippen molar-refractivity contribution in [3.63, 3.8) is 0 Å². The van der Waals surface area contributed by atoms with Crippen LogP contribution in [0.3, 0.4) is 0 Å². The Morgan fingerprint density at radius 2 is 1.69 bits per heavy atom. The van der Waals surface area contributed by atoms with E-state index in [2.05, 4.69) is 58.2 Å². The lowest BCUT2D eigenvalue weighted by atomic mass is 9.91. The number of hydrogen-bond acceptors (Lipinski definition) is 1. The molecule has 1 nitrogen and oxygen atoms in total. The average molecular weight is 495 g/mol. The predicted octanol–water partition coefficient (Wildman–Crippen LogP) is 10.2. The molecule has 0 aromatic heterocycles. The van der Waals surface area contributed by atoms with Gasteiger partial charge < -0.3 is 4.79 Å². The third-order valence-electron chi connectivity index (χ3n) is 6.69. The lowest BCUT2D eigenvalue weighted by Crippen LogP contribution is -2.07. The van der Waals surface area contributed by atoms with E-state index in [0.29, 0.717) is 12.3 Å². The number of aldehydes is 1. The van der Waals surface area contributed by atoms with Crippen LogP contribution in [-0.4, -0.2) is 12.0 Å². The van der Waals surface area contributed by atoms with E-state index in [-0.39, 0.29) is 0 Å². The molecule has 1 saturated carbocycles. The minimum atomic E-state index is -0.958. The first-order valence-corrected chi connectivity index (χ1v) is 13.6. The van der Waals surface area contributed by atoms with Gasteiger partial charge in [-0.15, -0.1) is 0 Å². The molecular weight excluding hydrogens is 443 g/mol. The molecule has 1 aromatic carbocycles. The Labute approximate surface area is 222 Å². The molecule has 36 heavy (non-hydrogen) atoms. The van der Waals surface area contributed by atoms with Gasteiger partial charge in [-0.3, -0.25) is 0 Å². The first kappa shape index (κ1) is 33.5. The normalized spacial score (nSPS) is 17.0. The van der Waals surface area contributed by atoms with Crippen molar-refractivity contribution in [1.82, 2.24) is 0 Å². The van der Waals surface area contributed by atoms with Gasteiger partial charge in [-0.1, -0.05) is 82.0 Å². The molecule has 0 N–H and O–H groups in total. The summed E-state index contributed by atoms with van der Waals surface area (Å²) in [7, 11) is 0. The van der Waals surface area contributed by atoms with Crippen LogP contribution in [0.2, 0.25) is 0 Å². The molecule has 200 valence electrons. The van der Waals surface area contributed by atoms with Crippen molar-refractivity contribution in [3.8, 4) is 0 Å². The van der Waals surface area contributed by atoms with Gasteiger partial charge in [-0.2, -0.15) is 0 Å². The fourth-order valence-electron chi connectivity index (χ4n) is 4.15. The van der Waals surface area contributed by atoms with Gasteiger partial charge >= 0.3 is 0 Å². The van der Waals surface area contributed by atoms with Gasteiger partial charge in [0, 0.05) is 0 Å². The summed E-state index contributed by atoms with van der Waals surface area (Å²) in [6.45, 7) is 25.0. The quantitative estimate of drug-likeness (QED) is 0.272. The molecule has 0 aliphatic heterocycles. The smallest absolute Gasteiger partial charge is 0.116 e. The number of carbonyl (C=O) groups is 1. The lowest BCUT2D eigenvalue weighted by molar-refractivity contribution is -0.106. The zero-order chi connectivity index (χ0) is 27.9. The summed E-state index contributed by atoms with van der Waals surface area (Å²) >= 11 is 0. The fourth-order valence-corrected chi connectivity index (χ4v) is 4.15. The Morgan fingerprint density at radius 1 is 1.14 bits per heavy atom. The third kappa shape index (κ3) is 11.1. The van der Waals surface area contributed by atoms with Crippen LogP contribution in [0.15, 0.2) is 54.7 Å². The van der Waals surface area contributed by atoms with E-state index in [9.17, 15) is 4.39 Å². The second kappa shape index (κ2) is 17.1. The van der Waals surface area contributed by atoms with Crippen molar-refractivity contribution in [2.45, 2.75) is 100 Å². The molecule has 2 aliphatic carbocycles. The van der Waals surface area contributed by atoms with E-state index in [1.165, 1.54) is 53.2 Å². The Bertz CT molecular complexity index is 933. The number of fused-ring (bicyclic) bond motifs is 1. The molecule has 0 spiro atoms. The highest BCUT2D eigenvalue weighted by atomic mass is 19.1. The molecule has 0 saturated heterocycles. The minimum Gasteiger partial charge on any atom is -0.304 e. The summed E-state index contributed by atoms with van der Waals surface area (Å²) in [6.07, 6.45) is 19.2. The maximum atomic E-state index is 12.1. The second-order valence-electron chi connectivity index (χ2n) is 9.81. The monoisotopic (exact) mass is 494 g/mol. The maximum absolute atomic E-state index is 12.1. The fraction of sp³-hybridized carbons (Fsp3) is 0.500. The zero-order valence-electron chi connectivity index (χ0n) is 24.5. The van der Waals surface area contributed by atoms with E-state index >= 15 is 0 Å². The standard InChI is InChI=1S/C25H30.C5H11F.C2H4O.C2H6/c1-6-9-10-19(7-2)22-15-23-14-20(8-3)24(18(5)25(23)16-22)13-17(4)21-11-12-21;1-4-5(2,3)6;1-2-3;1-2/h6-10,13-14,21-22H,1,3,11-12,15-16H2,2,4-5H3;4H2,1-3H3;2H,1H3;1-2H3/b10-9-,17-13+,19-7+;;;. The van der Waals surface area contributed by atoms with E-state index in [1.54, 1.807) is 19.4 Å². The van der Waals surface area contributed by atoms with E-state index in [1.807, 2.05) is 39.0 Å². The summed E-state index contributed by atoms with van der Waals surface area (Å²) in [5, 5.41) is 0. The molecule has 0 amide bonds. The molecule has 2 aliphatic rings. The van der Waals surface area contributed by atoms with Crippen LogP contribution < -0.4 is 0 Å².